The predicted octanol–water partition coefficient (Wildman–Crippen LogP) is 6.70. The Bertz CT molecular complexity index is 1260. The number of carbonyl (C=O) groups is 2. The van der Waals surface area contributed by atoms with Crippen LogP contribution in [0, 0.1) is 0 Å². The third kappa shape index (κ3) is 5.81. The van der Waals surface area contributed by atoms with Gasteiger partial charge >= 0.3 is 5.97 Å². The van der Waals surface area contributed by atoms with Crippen molar-refractivity contribution in [3.05, 3.63) is 108 Å². The number of ketones is 1. The number of hydrogen-bond acceptors (Lipinski definition) is 6. The van der Waals surface area contributed by atoms with Crippen LogP contribution in [0.25, 0.3) is 0 Å². The molecule has 4 aromatic carbocycles. The highest BCUT2D eigenvalue weighted by molar-refractivity contribution is 5.94. The van der Waals surface area contributed by atoms with E-state index in [4.69, 9.17) is 18.9 Å². The highest BCUT2D eigenvalue weighted by atomic mass is 16.5. The molecule has 0 heterocycles. The van der Waals surface area contributed by atoms with Gasteiger partial charge in [0.2, 0.25) is 0 Å². The number of carbonyl (C=O) groups excluding carboxylic acids is 2. The van der Waals surface area contributed by atoms with Crippen LogP contribution in [0.4, 0.5) is 0 Å². The van der Waals surface area contributed by atoms with Crippen LogP contribution in [0.3, 0.4) is 0 Å². The molecule has 0 fully saturated rings. The zero-order chi connectivity index (χ0) is 23.9. The van der Waals surface area contributed by atoms with Gasteiger partial charge in [-0.05, 0) is 104 Å². The second kappa shape index (κ2) is 10.4. The average Bonchev–Trinajstić information content (AvgIpc) is 2.86. The molecule has 34 heavy (non-hydrogen) atoms. The topological polar surface area (TPSA) is 71.1 Å². The Hall–Kier alpha value is -4.58. The average molecular weight is 454 g/mol. The number of esters is 1. The molecule has 0 atom stereocenters. The van der Waals surface area contributed by atoms with Gasteiger partial charge in [0.1, 0.15) is 34.5 Å². The van der Waals surface area contributed by atoms with E-state index in [1.54, 1.807) is 92.0 Å². The second-order valence-corrected chi connectivity index (χ2v) is 7.35. The largest absolute Gasteiger partial charge is 0.497 e. The van der Waals surface area contributed by atoms with E-state index in [2.05, 4.69) is 0 Å². The lowest BCUT2D eigenvalue weighted by molar-refractivity contribution is 0.0734. The van der Waals surface area contributed by atoms with E-state index < -0.39 is 5.97 Å². The highest BCUT2D eigenvalue weighted by Gasteiger charge is 2.10. The molecular weight excluding hydrogens is 432 g/mol. The first kappa shape index (κ1) is 22.6. The summed E-state index contributed by atoms with van der Waals surface area (Å²) in [6, 6.07) is 27.5. The first-order chi connectivity index (χ1) is 16.5. The van der Waals surface area contributed by atoms with E-state index in [0.29, 0.717) is 39.9 Å². The predicted molar refractivity (Wildman–Crippen MR) is 127 cm³/mol. The number of methoxy groups -OCH3 is 1. The van der Waals surface area contributed by atoms with Crippen LogP contribution in [0.1, 0.15) is 27.6 Å². The maximum absolute atomic E-state index is 12.5. The molecule has 6 nitrogen and oxygen atoms in total. The number of Topliss-reactive ketones (excluding diaryl/α,β-unsaturated/α-hetero) is 1. The Morgan fingerprint density at radius 1 is 0.500 bits per heavy atom. The van der Waals surface area contributed by atoms with Crippen molar-refractivity contribution in [2.24, 2.45) is 0 Å². The molecule has 0 amide bonds. The molecule has 0 spiro atoms. The van der Waals surface area contributed by atoms with Crippen molar-refractivity contribution in [1.29, 1.82) is 0 Å². The third-order valence-corrected chi connectivity index (χ3v) is 4.92. The van der Waals surface area contributed by atoms with Crippen LogP contribution in [-0.4, -0.2) is 18.9 Å². The minimum atomic E-state index is -0.485. The van der Waals surface area contributed by atoms with Crippen molar-refractivity contribution in [2.45, 2.75) is 6.92 Å². The lowest BCUT2D eigenvalue weighted by Gasteiger charge is -2.09. The summed E-state index contributed by atoms with van der Waals surface area (Å²) < 4.78 is 22.1. The maximum atomic E-state index is 12.5. The molecule has 0 unspecified atom stereocenters. The molecule has 0 saturated carbocycles. The summed E-state index contributed by atoms with van der Waals surface area (Å²) in [6.07, 6.45) is 0. The highest BCUT2D eigenvalue weighted by Crippen LogP contribution is 2.26. The van der Waals surface area contributed by atoms with Crippen molar-refractivity contribution >= 4 is 11.8 Å². The number of ether oxygens (including phenoxy) is 4. The maximum Gasteiger partial charge on any atom is 0.343 e. The Kier molecular flexibility index (Phi) is 6.89. The summed E-state index contributed by atoms with van der Waals surface area (Å²) in [4.78, 5) is 23.8. The van der Waals surface area contributed by atoms with Crippen LogP contribution in [0.15, 0.2) is 97.1 Å². The van der Waals surface area contributed by atoms with Gasteiger partial charge < -0.3 is 18.9 Å². The third-order valence-electron chi connectivity index (χ3n) is 4.92. The molecule has 0 aliphatic rings. The Labute approximate surface area is 197 Å². The SMILES string of the molecule is COc1ccc(Oc2ccc(OC(=O)c3ccc(Oc4ccc(C(C)=O)cc4)cc3)cc2)cc1. The van der Waals surface area contributed by atoms with E-state index >= 15 is 0 Å². The summed E-state index contributed by atoms with van der Waals surface area (Å²) >= 11 is 0. The fraction of sp³-hybridized carbons (Fsp3) is 0.0714. The first-order valence-corrected chi connectivity index (χ1v) is 10.5. The molecule has 0 radical (unpaired) electrons. The summed E-state index contributed by atoms with van der Waals surface area (Å²) in [7, 11) is 1.61. The van der Waals surface area contributed by atoms with Crippen molar-refractivity contribution in [2.75, 3.05) is 7.11 Å². The molecular formula is C28H22O6. The second-order valence-electron chi connectivity index (χ2n) is 7.35. The minimum absolute atomic E-state index is 0.00572. The monoisotopic (exact) mass is 454 g/mol. The van der Waals surface area contributed by atoms with Crippen LogP contribution < -0.4 is 18.9 Å². The van der Waals surface area contributed by atoms with Gasteiger partial charge in [-0.3, -0.25) is 4.79 Å². The number of rotatable bonds is 8. The molecule has 4 rings (SSSR count). The summed E-state index contributed by atoms with van der Waals surface area (Å²) in [5, 5.41) is 0. The fourth-order valence-electron chi connectivity index (χ4n) is 3.07. The van der Waals surface area contributed by atoms with Gasteiger partial charge in [-0.25, -0.2) is 4.79 Å². The summed E-state index contributed by atoms with van der Waals surface area (Å²) in [5.74, 6) is 3.10. The van der Waals surface area contributed by atoms with Gasteiger partial charge in [0.15, 0.2) is 5.78 Å². The van der Waals surface area contributed by atoms with E-state index in [0.717, 1.165) is 5.75 Å². The van der Waals surface area contributed by atoms with Crippen molar-refractivity contribution < 1.29 is 28.5 Å². The van der Waals surface area contributed by atoms with E-state index in [9.17, 15) is 9.59 Å². The van der Waals surface area contributed by atoms with Gasteiger partial charge in [0.05, 0.1) is 12.7 Å². The number of benzene rings is 4. The van der Waals surface area contributed by atoms with Crippen LogP contribution >= 0.6 is 0 Å². The molecule has 0 N–H and O–H groups in total. The molecule has 0 aromatic heterocycles. The van der Waals surface area contributed by atoms with Crippen molar-refractivity contribution in [3.8, 4) is 34.5 Å². The minimum Gasteiger partial charge on any atom is -0.497 e. The lowest BCUT2D eigenvalue weighted by Crippen LogP contribution is -2.08. The smallest absolute Gasteiger partial charge is 0.343 e. The van der Waals surface area contributed by atoms with Crippen molar-refractivity contribution in [3.63, 3.8) is 0 Å². The Morgan fingerprint density at radius 2 is 0.853 bits per heavy atom. The zero-order valence-corrected chi connectivity index (χ0v) is 18.7. The van der Waals surface area contributed by atoms with Gasteiger partial charge in [0.25, 0.3) is 0 Å². The van der Waals surface area contributed by atoms with Crippen molar-refractivity contribution in [1.82, 2.24) is 0 Å². The molecule has 0 bridgehead atoms. The summed E-state index contributed by atoms with van der Waals surface area (Å²) in [5.41, 5.74) is 1.00. The fourth-order valence-corrected chi connectivity index (χ4v) is 3.07. The molecule has 0 aliphatic heterocycles. The first-order valence-electron chi connectivity index (χ1n) is 10.5. The van der Waals surface area contributed by atoms with Crippen LogP contribution in [-0.2, 0) is 0 Å². The molecule has 170 valence electrons. The van der Waals surface area contributed by atoms with E-state index in [1.807, 2.05) is 12.1 Å². The zero-order valence-electron chi connectivity index (χ0n) is 18.7. The Morgan fingerprint density at radius 3 is 1.26 bits per heavy atom. The van der Waals surface area contributed by atoms with Gasteiger partial charge in [0, 0.05) is 5.56 Å². The van der Waals surface area contributed by atoms with Gasteiger partial charge in [-0.2, -0.15) is 0 Å². The Balaban J connectivity index is 1.33. The molecule has 0 saturated heterocycles. The van der Waals surface area contributed by atoms with Crippen LogP contribution in [0.2, 0.25) is 0 Å². The number of hydrogen-bond donors (Lipinski definition) is 0. The van der Waals surface area contributed by atoms with Crippen LogP contribution in [0.5, 0.6) is 34.5 Å². The van der Waals surface area contributed by atoms with Gasteiger partial charge in [-0.1, -0.05) is 0 Å². The van der Waals surface area contributed by atoms with E-state index in [1.165, 1.54) is 6.92 Å². The molecule has 0 aliphatic carbocycles. The molecule has 4 aromatic rings. The normalized spacial score (nSPS) is 10.3. The molecule has 6 heteroatoms. The van der Waals surface area contributed by atoms with E-state index in [-0.39, 0.29) is 5.78 Å². The summed E-state index contributed by atoms with van der Waals surface area (Å²) in [6.45, 7) is 1.51. The van der Waals surface area contributed by atoms with Gasteiger partial charge in [-0.15, -0.1) is 0 Å². The quantitative estimate of drug-likeness (QED) is 0.168. The lowest BCUT2D eigenvalue weighted by atomic mass is 10.1. The standard InChI is InChI=1S/C28H22O6/c1-19(29)20-3-7-23(8-4-20)32-24-9-5-21(6-10-24)28(30)34-27-17-15-26(16-18-27)33-25-13-11-22(31-2)12-14-25/h3-18H,1-2H3.